The summed E-state index contributed by atoms with van der Waals surface area (Å²) in [6.07, 6.45) is 7.26. The number of hydrogen-bond acceptors (Lipinski definition) is 5. The Labute approximate surface area is 201 Å². The van der Waals surface area contributed by atoms with Crippen LogP contribution in [0.2, 0.25) is 0 Å². The SMILES string of the molecule is Cn1cc(/C=C/c2c([N+](=O)[O-])c(=O)n(CCc3ccccc3)c(=O)n2CCc2ccccc2)cn1. The van der Waals surface area contributed by atoms with Crippen molar-refractivity contribution in [1.29, 1.82) is 0 Å². The molecule has 2 heterocycles. The zero-order valence-corrected chi connectivity index (χ0v) is 19.3. The number of aromatic nitrogens is 4. The van der Waals surface area contributed by atoms with Crippen LogP contribution in [0.25, 0.3) is 12.2 Å². The van der Waals surface area contributed by atoms with E-state index in [4.69, 9.17) is 0 Å². The number of benzene rings is 2. The molecule has 9 nitrogen and oxygen atoms in total. The second-order valence-corrected chi connectivity index (χ2v) is 8.13. The highest BCUT2D eigenvalue weighted by Crippen LogP contribution is 2.17. The average molecular weight is 472 g/mol. The summed E-state index contributed by atoms with van der Waals surface area (Å²) in [5.41, 5.74) is 0.476. The number of nitrogens with zero attached hydrogens (tertiary/aromatic N) is 5. The van der Waals surface area contributed by atoms with Crippen LogP contribution in [0.15, 0.2) is 82.6 Å². The summed E-state index contributed by atoms with van der Waals surface area (Å²) >= 11 is 0. The molecule has 0 atom stereocenters. The summed E-state index contributed by atoms with van der Waals surface area (Å²) < 4.78 is 3.89. The summed E-state index contributed by atoms with van der Waals surface area (Å²) in [6, 6.07) is 18.9. The van der Waals surface area contributed by atoms with Crippen LogP contribution in [0.1, 0.15) is 22.4 Å². The Morgan fingerprint density at radius 1 is 0.886 bits per heavy atom. The van der Waals surface area contributed by atoms with Gasteiger partial charge in [-0.25, -0.2) is 4.79 Å². The first-order chi connectivity index (χ1) is 16.9. The van der Waals surface area contributed by atoms with Gasteiger partial charge in [0.25, 0.3) is 0 Å². The third kappa shape index (κ3) is 5.52. The molecule has 0 bridgehead atoms. The Bertz CT molecular complexity index is 1470. The third-order valence-corrected chi connectivity index (χ3v) is 5.72. The van der Waals surface area contributed by atoms with Crippen LogP contribution in [-0.4, -0.2) is 23.8 Å². The topological polar surface area (TPSA) is 105 Å². The summed E-state index contributed by atoms with van der Waals surface area (Å²) in [7, 11) is 1.75. The molecule has 2 aromatic heterocycles. The van der Waals surface area contributed by atoms with E-state index >= 15 is 0 Å². The van der Waals surface area contributed by atoms with Gasteiger partial charge in [-0.05, 0) is 36.1 Å². The van der Waals surface area contributed by atoms with Gasteiger partial charge in [0.1, 0.15) is 5.69 Å². The molecule has 4 rings (SSSR count). The van der Waals surface area contributed by atoms with Crippen LogP contribution in [0.4, 0.5) is 5.69 Å². The molecule has 178 valence electrons. The highest BCUT2D eigenvalue weighted by atomic mass is 16.6. The van der Waals surface area contributed by atoms with Crippen molar-refractivity contribution in [2.75, 3.05) is 0 Å². The van der Waals surface area contributed by atoms with E-state index < -0.39 is 21.9 Å². The van der Waals surface area contributed by atoms with Gasteiger partial charge in [0.15, 0.2) is 0 Å². The molecule has 4 aromatic rings. The van der Waals surface area contributed by atoms with E-state index in [1.54, 1.807) is 30.2 Å². The fraction of sp³-hybridized carbons (Fsp3) is 0.192. The van der Waals surface area contributed by atoms with Gasteiger partial charge in [-0.3, -0.25) is 28.7 Å². The summed E-state index contributed by atoms with van der Waals surface area (Å²) in [4.78, 5) is 38.0. The molecule has 0 saturated heterocycles. The lowest BCUT2D eigenvalue weighted by atomic mass is 10.1. The Balaban J connectivity index is 1.81. The summed E-state index contributed by atoms with van der Waals surface area (Å²) in [6.45, 7) is 0.225. The first kappa shape index (κ1) is 23.6. The van der Waals surface area contributed by atoms with Gasteiger partial charge in [-0.2, -0.15) is 5.10 Å². The zero-order chi connectivity index (χ0) is 24.8. The van der Waals surface area contributed by atoms with Gasteiger partial charge >= 0.3 is 16.9 Å². The molecule has 0 aliphatic heterocycles. The minimum absolute atomic E-state index is 0.0271. The smallest absolute Gasteiger partial charge is 0.287 e. The molecular weight excluding hydrogens is 446 g/mol. The molecule has 0 unspecified atom stereocenters. The van der Waals surface area contributed by atoms with Gasteiger partial charge in [0, 0.05) is 31.9 Å². The Morgan fingerprint density at radius 3 is 1.97 bits per heavy atom. The fourth-order valence-corrected chi connectivity index (χ4v) is 3.93. The van der Waals surface area contributed by atoms with E-state index in [9.17, 15) is 19.7 Å². The van der Waals surface area contributed by atoms with Crippen LogP contribution in [0, 0.1) is 10.1 Å². The normalized spacial score (nSPS) is 11.2. The van der Waals surface area contributed by atoms with Crippen LogP contribution < -0.4 is 11.2 Å². The maximum Gasteiger partial charge on any atom is 0.357 e. The molecule has 0 spiro atoms. The van der Waals surface area contributed by atoms with E-state index in [1.165, 1.54) is 10.6 Å². The molecule has 0 radical (unpaired) electrons. The lowest BCUT2D eigenvalue weighted by Crippen LogP contribution is -2.42. The number of hydrogen-bond donors (Lipinski definition) is 0. The Hall–Kier alpha value is -4.53. The minimum Gasteiger partial charge on any atom is -0.287 e. The van der Waals surface area contributed by atoms with Crippen molar-refractivity contribution < 1.29 is 4.92 Å². The highest BCUT2D eigenvalue weighted by Gasteiger charge is 2.26. The summed E-state index contributed by atoms with van der Waals surface area (Å²) in [5.74, 6) is 0. The highest BCUT2D eigenvalue weighted by molar-refractivity contribution is 5.71. The quantitative estimate of drug-likeness (QED) is 0.275. The lowest BCUT2D eigenvalue weighted by molar-refractivity contribution is -0.387. The first-order valence-electron chi connectivity index (χ1n) is 11.2. The molecule has 0 saturated carbocycles. The van der Waals surface area contributed by atoms with Gasteiger partial charge in [-0.15, -0.1) is 0 Å². The molecule has 35 heavy (non-hydrogen) atoms. The lowest BCUT2D eigenvalue weighted by Gasteiger charge is -2.14. The maximum atomic E-state index is 13.5. The van der Waals surface area contributed by atoms with E-state index in [1.807, 2.05) is 60.7 Å². The monoisotopic (exact) mass is 471 g/mol. The molecule has 0 amide bonds. The van der Waals surface area contributed by atoms with Crippen LogP contribution in [-0.2, 0) is 33.0 Å². The second-order valence-electron chi connectivity index (χ2n) is 8.13. The van der Waals surface area contributed by atoms with Gasteiger partial charge in [0.2, 0.25) is 0 Å². The van der Waals surface area contributed by atoms with Crippen LogP contribution in [0.5, 0.6) is 0 Å². The third-order valence-electron chi connectivity index (χ3n) is 5.72. The molecule has 2 aromatic carbocycles. The van der Waals surface area contributed by atoms with E-state index in [-0.39, 0.29) is 18.8 Å². The van der Waals surface area contributed by atoms with E-state index in [2.05, 4.69) is 5.10 Å². The standard InChI is InChI=1S/C26H25N5O4/c1-28-19-22(18-27-28)12-13-23-24(31(34)35)25(32)30(17-15-21-10-6-3-7-11-21)26(33)29(23)16-14-20-8-4-2-5-9-20/h2-13,18-19H,14-17H2,1H3/b13-12+. The van der Waals surface area contributed by atoms with Crippen molar-refractivity contribution in [1.82, 2.24) is 18.9 Å². The van der Waals surface area contributed by atoms with Crippen molar-refractivity contribution in [2.45, 2.75) is 25.9 Å². The minimum atomic E-state index is -0.905. The maximum absolute atomic E-state index is 13.5. The van der Waals surface area contributed by atoms with E-state index in [0.717, 1.165) is 15.7 Å². The molecule has 0 aliphatic carbocycles. The molecule has 9 heteroatoms. The van der Waals surface area contributed by atoms with Crippen molar-refractivity contribution in [3.63, 3.8) is 0 Å². The molecule has 0 fully saturated rings. The van der Waals surface area contributed by atoms with Crippen LogP contribution >= 0.6 is 0 Å². The zero-order valence-electron chi connectivity index (χ0n) is 19.3. The Kier molecular flexibility index (Phi) is 7.15. The Morgan fingerprint density at radius 2 is 1.46 bits per heavy atom. The number of rotatable bonds is 9. The van der Waals surface area contributed by atoms with Crippen molar-refractivity contribution in [2.24, 2.45) is 7.05 Å². The van der Waals surface area contributed by atoms with Crippen LogP contribution in [0.3, 0.4) is 0 Å². The van der Waals surface area contributed by atoms with Gasteiger partial charge in [0.05, 0.1) is 11.1 Å². The number of aryl methyl sites for hydroxylation is 3. The average Bonchev–Trinajstić information content (AvgIpc) is 3.28. The number of nitro groups is 1. The first-order valence-corrected chi connectivity index (χ1v) is 11.2. The van der Waals surface area contributed by atoms with Gasteiger partial charge in [-0.1, -0.05) is 60.7 Å². The molecule has 0 aliphatic rings. The van der Waals surface area contributed by atoms with Gasteiger partial charge < -0.3 is 0 Å². The van der Waals surface area contributed by atoms with Crippen molar-refractivity contribution in [3.8, 4) is 0 Å². The van der Waals surface area contributed by atoms with Crippen molar-refractivity contribution in [3.05, 3.63) is 126 Å². The van der Waals surface area contributed by atoms with E-state index in [0.29, 0.717) is 18.4 Å². The van der Waals surface area contributed by atoms with Crippen molar-refractivity contribution >= 4 is 17.8 Å². The largest absolute Gasteiger partial charge is 0.357 e. The second kappa shape index (κ2) is 10.6. The molecular formula is C26H25N5O4. The predicted molar refractivity (Wildman–Crippen MR) is 134 cm³/mol. The molecule has 0 N–H and O–H groups in total. The predicted octanol–water partition coefficient (Wildman–Crippen LogP) is 3.31. The fourth-order valence-electron chi connectivity index (χ4n) is 3.93. The summed E-state index contributed by atoms with van der Waals surface area (Å²) in [5, 5.41) is 16.1.